The van der Waals surface area contributed by atoms with Gasteiger partial charge in [0.2, 0.25) is 0 Å². The Bertz CT molecular complexity index is 1680. The fourth-order valence-corrected chi connectivity index (χ4v) is 5.67. The molecule has 2 heterocycles. The lowest BCUT2D eigenvalue weighted by Crippen LogP contribution is -2.44. The predicted octanol–water partition coefficient (Wildman–Crippen LogP) is 5.27. The molecule has 3 aromatic carbocycles. The molecule has 1 saturated heterocycles. The molecule has 0 atom stereocenters. The number of aryl methyl sites for hydroxylation is 1. The number of para-hydroxylation sites is 1. The summed E-state index contributed by atoms with van der Waals surface area (Å²) in [5.41, 5.74) is 8.24. The van der Waals surface area contributed by atoms with Crippen molar-refractivity contribution >= 4 is 44.5 Å². The molecule has 5 N–H and O–H groups in total. The fraction of sp³-hybridized carbons (Fsp3) is 0.300. The van der Waals surface area contributed by atoms with Crippen molar-refractivity contribution < 1.29 is 18.0 Å². The Morgan fingerprint density at radius 1 is 0.905 bits per heavy atom. The summed E-state index contributed by atoms with van der Waals surface area (Å²) in [6.45, 7) is 9.28. The number of nitrogens with two attached hydrogens (primary N) is 1. The highest BCUT2D eigenvalue weighted by atomic mass is 32.2. The van der Waals surface area contributed by atoms with Gasteiger partial charge < -0.3 is 11.1 Å². The maximum atomic E-state index is 12.9. The van der Waals surface area contributed by atoms with Crippen LogP contribution >= 0.6 is 0 Å². The van der Waals surface area contributed by atoms with Gasteiger partial charge in [-0.2, -0.15) is 17.8 Å². The van der Waals surface area contributed by atoms with Gasteiger partial charge in [-0.25, -0.2) is 19.0 Å². The van der Waals surface area contributed by atoms with E-state index >= 15 is 0 Å². The number of primary amides is 1. The molecule has 11 nitrogen and oxygen atoms in total. The number of urea groups is 2. The Morgan fingerprint density at radius 2 is 1.55 bits per heavy atom. The Hall–Kier alpha value is -4.42. The summed E-state index contributed by atoms with van der Waals surface area (Å²) < 4.78 is 27.0. The van der Waals surface area contributed by atoms with Gasteiger partial charge in [0.25, 0.3) is 0 Å². The fourth-order valence-electron chi connectivity index (χ4n) is 4.55. The third kappa shape index (κ3) is 7.45. The summed E-state index contributed by atoms with van der Waals surface area (Å²) in [6, 6.07) is 22.5. The number of aromatic nitrogens is 2. The number of carbonyl (C=O) groups is 2. The van der Waals surface area contributed by atoms with Crippen LogP contribution in [0.5, 0.6) is 0 Å². The van der Waals surface area contributed by atoms with Gasteiger partial charge in [-0.05, 0) is 42.8 Å². The molecule has 0 bridgehead atoms. The van der Waals surface area contributed by atoms with E-state index in [0.717, 1.165) is 46.2 Å². The highest BCUT2D eigenvalue weighted by Gasteiger charge is 2.26. The minimum atomic E-state index is -3.65. The number of carbonyl (C=O) groups excluding carboxylic acids is 2. The molecule has 1 aromatic heterocycles. The van der Waals surface area contributed by atoms with Crippen molar-refractivity contribution in [2.24, 2.45) is 5.73 Å². The number of anilines is 2. The second-order valence-electron chi connectivity index (χ2n) is 11.0. The first-order valence-corrected chi connectivity index (χ1v) is 15.1. The van der Waals surface area contributed by atoms with Crippen LogP contribution in [0.1, 0.15) is 44.9 Å². The number of amides is 4. The van der Waals surface area contributed by atoms with Crippen molar-refractivity contribution in [2.75, 3.05) is 23.7 Å². The standard InChI is InChI=1S/C25H26N4O.C5H11N3O3S/c1-17-10-5-8-15-21(17)29-23(16-22(28-29)25(2,3)4)27-24(30)26-20-14-9-12-18-11-6-7-13-19(18)20;6-5(9)7-12(10,11)8-3-1-2-4-8/h5-16H,1-4H3,(H2,26,27,30);1-4H2,(H3,6,7,9). The summed E-state index contributed by atoms with van der Waals surface area (Å²) in [7, 11) is -3.65. The molecule has 0 unspecified atom stereocenters. The van der Waals surface area contributed by atoms with Crippen molar-refractivity contribution in [1.29, 1.82) is 0 Å². The molecule has 0 saturated carbocycles. The number of fused-ring (bicyclic) bond motifs is 1. The monoisotopic (exact) mass is 591 g/mol. The molecule has 1 fully saturated rings. The van der Waals surface area contributed by atoms with E-state index in [4.69, 9.17) is 10.8 Å². The Morgan fingerprint density at radius 3 is 2.21 bits per heavy atom. The molecule has 5 rings (SSSR count). The quantitative estimate of drug-likeness (QED) is 0.249. The summed E-state index contributed by atoms with van der Waals surface area (Å²) in [4.78, 5) is 23.2. The van der Waals surface area contributed by atoms with Crippen molar-refractivity contribution in [2.45, 2.75) is 46.0 Å². The van der Waals surface area contributed by atoms with Crippen LogP contribution in [0.2, 0.25) is 0 Å². The van der Waals surface area contributed by atoms with Gasteiger partial charge in [0.05, 0.1) is 17.1 Å². The first-order valence-electron chi connectivity index (χ1n) is 13.6. The molecular weight excluding hydrogens is 554 g/mol. The average molecular weight is 592 g/mol. The van der Waals surface area contributed by atoms with E-state index in [-0.39, 0.29) is 11.4 Å². The van der Waals surface area contributed by atoms with Crippen LogP contribution in [0, 0.1) is 6.92 Å². The van der Waals surface area contributed by atoms with Crippen LogP contribution in [0.4, 0.5) is 21.1 Å². The highest BCUT2D eigenvalue weighted by molar-refractivity contribution is 7.87. The Balaban J connectivity index is 0.000000283. The molecule has 1 aliphatic heterocycles. The van der Waals surface area contributed by atoms with E-state index in [2.05, 4.69) is 31.4 Å². The molecule has 42 heavy (non-hydrogen) atoms. The van der Waals surface area contributed by atoms with E-state index in [1.54, 1.807) is 9.40 Å². The number of rotatable bonds is 5. The van der Waals surface area contributed by atoms with Crippen LogP contribution in [-0.4, -0.2) is 47.7 Å². The molecule has 12 heteroatoms. The first kappa shape index (κ1) is 30.5. The van der Waals surface area contributed by atoms with E-state index < -0.39 is 16.2 Å². The van der Waals surface area contributed by atoms with Gasteiger partial charge in [0.1, 0.15) is 5.82 Å². The normalized spacial score (nSPS) is 13.7. The maximum absolute atomic E-state index is 12.9. The number of benzene rings is 3. The van der Waals surface area contributed by atoms with Gasteiger partial charge in [0.15, 0.2) is 0 Å². The SMILES string of the molecule is Cc1ccccc1-n1nc(C(C)(C)C)cc1NC(=O)Nc1cccc2ccccc12.NC(=O)NS(=O)(=O)N1CCCC1. The number of hydrogen-bond donors (Lipinski definition) is 4. The van der Waals surface area contributed by atoms with Gasteiger partial charge in [-0.15, -0.1) is 0 Å². The topological polar surface area (TPSA) is 151 Å². The van der Waals surface area contributed by atoms with E-state index in [0.29, 0.717) is 18.9 Å². The van der Waals surface area contributed by atoms with Crippen LogP contribution in [0.25, 0.3) is 16.5 Å². The zero-order chi connectivity index (χ0) is 30.5. The third-order valence-electron chi connectivity index (χ3n) is 6.74. The van der Waals surface area contributed by atoms with Gasteiger partial charge in [-0.3, -0.25) is 5.32 Å². The minimum Gasteiger partial charge on any atom is -0.351 e. The van der Waals surface area contributed by atoms with Crippen LogP contribution in [0.3, 0.4) is 0 Å². The molecule has 222 valence electrons. The zero-order valence-corrected chi connectivity index (χ0v) is 25.0. The smallest absolute Gasteiger partial charge is 0.326 e. The molecule has 0 radical (unpaired) electrons. The number of nitrogens with zero attached hydrogens (tertiary/aromatic N) is 3. The number of nitrogens with one attached hydrogen (secondary N) is 3. The van der Waals surface area contributed by atoms with Crippen molar-refractivity contribution in [3.8, 4) is 5.69 Å². The lowest BCUT2D eigenvalue weighted by atomic mass is 9.92. The van der Waals surface area contributed by atoms with E-state index in [1.807, 2.05) is 79.7 Å². The molecular formula is C30H37N7O4S. The van der Waals surface area contributed by atoms with Gasteiger partial charge in [-0.1, -0.05) is 75.4 Å². The first-order chi connectivity index (χ1) is 19.8. The largest absolute Gasteiger partial charge is 0.351 e. The predicted molar refractivity (Wildman–Crippen MR) is 166 cm³/mol. The summed E-state index contributed by atoms with van der Waals surface area (Å²) in [5.74, 6) is 0.631. The summed E-state index contributed by atoms with van der Waals surface area (Å²) >= 11 is 0. The molecule has 1 aliphatic rings. The zero-order valence-electron chi connectivity index (χ0n) is 24.2. The number of hydrogen-bond acceptors (Lipinski definition) is 5. The second kappa shape index (κ2) is 12.6. The van der Waals surface area contributed by atoms with Gasteiger partial charge >= 0.3 is 22.3 Å². The van der Waals surface area contributed by atoms with Gasteiger partial charge in [0, 0.05) is 30.0 Å². The Kier molecular flexibility index (Phi) is 9.17. The third-order valence-corrected chi connectivity index (χ3v) is 8.24. The maximum Gasteiger partial charge on any atom is 0.326 e. The lowest BCUT2D eigenvalue weighted by Gasteiger charge is -2.14. The molecule has 4 amide bonds. The van der Waals surface area contributed by atoms with E-state index in [1.165, 1.54) is 4.31 Å². The lowest BCUT2D eigenvalue weighted by molar-refractivity contribution is 0.253. The summed E-state index contributed by atoms with van der Waals surface area (Å²) in [5, 5.41) is 12.8. The molecule has 0 aliphatic carbocycles. The average Bonchev–Trinajstić information content (AvgIpc) is 3.60. The highest BCUT2D eigenvalue weighted by Crippen LogP contribution is 2.28. The van der Waals surface area contributed by atoms with Crippen LogP contribution in [-0.2, 0) is 15.6 Å². The van der Waals surface area contributed by atoms with Crippen LogP contribution < -0.4 is 21.1 Å². The second-order valence-corrected chi connectivity index (χ2v) is 12.7. The van der Waals surface area contributed by atoms with Crippen molar-refractivity contribution in [3.05, 3.63) is 84.1 Å². The Labute approximate surface area is 246 Å². The van der Waals surface area contributed by atoms with Crippen molar-refractivity contribution in [1.82, 2.24) is 18.8 Å². The van der Waals surface area contributed by atoms with E-state index in [9.17, 15) is 18.0 Å². The summed E-state index contributed by atoms with van der Waals surface area (Å²) in [6.07, 6.45) is 1.67. The minimum absolute atomic E-state index is 0.142. The molecule has 4 aromatic rings. The molecule has 0 spiro atoms. The van der Waals surface area contributed by atoms with Crippen LogP contribution in [0.15, 0.2) is 72.8 Å². The van der Waals surface area contributed by atoms with Crippen molar-refractivity contribution in [3.63, 3.8) is 0 Å².